The van der Waals surface area contributed by atoms with Crippen LogP contribution in [0.4, 0.5) is 4.79 Å². The van der Waals surface area contributed by atoms with Gasteiger partial charge in [-0.1, -0.05) is 36.4 Å². The molecule has 5 heteroatoms. The van der Waals surface area contributed by atoms with Crippen LogP contribution in [-0.4, -0.2) is 12.7 Å². The molecule has 1 aliphatic rings. The highest BCUT2D eigenvalue weighted by Gasteiger charge is 2.10. The van der Waals surface area contributed by atoms with Gasteiger partial charge in [0.05, 0.1) is 6.61 Å². The van der Waals surface area contributed by atoms with Crippen LogP contribution in [0, 0.1) is 0 Å². The van der Waals surface area contributed by atoms with Crippen LogP contribution >= 0.6 is 0 Å². The van der Waals surface area contributed by atoms with Crippen molar-refractivity contribution in [1.29, 1.82) is 0 Å². The summed E-state index contributed by atoms with van der Waals surface area (Å²) in [5.74, 6) is 5.03. The third-order valence-electron chi connectivity index (χ3n) is 2.90. The van der Waals surface area contributed by atoms with Crippen molar-refractivity contribution in [2.45, 2.75) is 13.0 Å². The molecular formula is C14H16N2O3. The van der Waals surface area contributed by atoms with E-state index in [0.29, 0.717) is 6.61 Å². The third-order valence-corrected chi connectivity index (χ3v) is 2.90. The zero-order valence-corrected chi connectivity index (χ0v) is 10.5. The van der Waals surface area contributed by atoms with Crippen LogP contribution in [0.25, 0.3) is 5.57 Å². The number of hydrogen-bond donors (Lipinski definition) is 2. The molecule has 0 bridgehead atoms. The van der Waals surface area contributed by atoms with Crippen molar-refractivity contribution < 1.29 is 14.4 Å². The van der Waals surface area contributed by atoms with Crippen molar-refractivity contribution in [1.82, 2.24) is 0 Å². The fourth-order valence-corrected chi connectivity index (χ4v) is 1.95. The Kier molecular flexibility index (Phi) is 4.33. The molecule has 0 heterocycles. The maximum atomic E-state index is 10.5. The van der Waals surface area contributed by atoms with Gasteiger partial charge >= 0.3 is 6.09 Å². The molecule has 1 aromatic rings. The number of allylic oxidation sites excluding steroid dienone is 2. The van der Waals surface area contributed by atoms with Gasteiger partial charge in [0.25, 0.3) is 0 Å². The van der Waals surface area contributed by atoms with Crippen molar-refractivity contribution in [3.63, 3.8) is 0 Å². The number of carbonyl (C=O) groups excluding carboxylic acids is 1. The van der Waals surface area contributed by atoms with Crippen LogP contribution in [0.2, 0.25) is 0 Å². The molecule has 1 amide bonds. The van der Waals surface area contributed by atoms with Gasteiger partial charge in [0.1, 0.15) is 6.61 Å². The molecule has 4 N–H and O–H groups in total. The minimum atomic E-state index is -0.756. The summed E-state index contributed by atoms with van der Waals surface area (Å²) in [6.45, 7) is 0.618. The first-order valence-electron chi connectivity index (χ1n) is 5.92. The lowest BCUT2D eigenvalue weighted by molar-refractivity contribution is 0.124. The monoisotopic (exact) mass is 260 g/mol. The molecule has 0 saturated carbocycles. The van der Waals surface area contributed by atoms with Crippen molar-refractivity contribution in [3.8, 4) is 0 Å². The number of benzene rings is 1. The molecule has 0 saturated heterocycles. The molecule has 100 valence electrons. The first-order chi connectivity index (χ1) is 9.19. The van der Waals surface area contributed by atoms with E-state index in [1.165, 1.54) is 5.57 Å². The van der Waals surface area contributed by atoms with E-state index >= 15 is 0 Å². The molecule has 1 aromatic carbocycles. The lowest BCUT2D eigenvalue weighted by Gasteiger charge is -2.04. The van der Waals surface area contributed by atoms with Crippen molar-refractivity contribution in [2.24, 2.45) is 11.6 Å². The third kappa shape index (κ3) is 3.67. The summed E-state index contributed by atoms with van der Waals surface area (Å²) in [6.07, 6.45) is 4.10. The van der Waals surface area contributed by atoms with E-state index in [0.717, 1.165) is 23.1 Å². The summed E-state index contributed by atoms with van der Waals surface area (Å²) in [6, 6.07) is 7.99. The van der Waals surface area contributed by atoms with Crippen LogP contribution in [0.5, 0.6) is 0 Å². The summed E-state index contributed by atoms with van der Waals surface area (Å²) in [5, 5.41) is 0. The van der Waals surface area contributed by atoms with E-state index in [9.17, 15) is 4.79 Å². The lowest BCUT2D eigenvalue weighted by Crippen LogP contribution is -2.14. The Balaban J connectivity index is 2.00. The molecule has 0 aliphatic heterocycles. The van der Waals surface area contributed by atoms with Gasteiger partial charge < -0.3 is 10.5 Å². The van der Waals surface area contributed by atoms with Gasteiger partial charge in [-0.15, -0.1) is 0 Å². The average molecular weight is 260 g/mol. The highest BCUT2D eigenvalue weighted by Crippen LogP contribution is 2.27. The molecule has 0 fully saturated rings. The van der Waals surface area contributed by atoms with Gasteiger partial charge in [-0.3, -0.25) is 4.84 Å². The van der Waals surface area contributed by atoms with E-state index in [1.54, 1.807) is 0 Å². The molecule has 2 rings (SSSR count). The second-order valence-electron chi connectivity index (χ2n) is 4.27. The highest BCUT2D eigenvalue weighted by atomic mass is 16.6. The number of carbonyl (C=O) groups is 1. The van der Waals surface area contributed by atoms with Crippen molar-refractivity contribution >= 4 is 11.7 Å². The minimum absolute atomic E-state index is 0.220. The number of rotatable bonds is 5. The second kappa shape index (κ2) is 6.17. The fraction of sp³-hybridized carbons (Fsp3) is 0.214. The quantitative estimate of drug-likeness (QED) is 0.791. The largest absolute Gasteiger partial charge is 0.445 e. The molecule has 19 heavy (non-hydrogen) atoms. The Morgan fingerprint density at radius 3 is 2.58 bits per heavy atom. The van der Waals surface area contributed by atoms with E-state index in [-0.39, 0.29) is 6.61 Å². The van der Waals surface area contributed by atoms with Crippen molar-refractivity contribution in [3.05, 3.63) is 53.1 Å². The first-order valence-corrected chi connectivity index (χ1v) is 5.92. The van der Waals surface area contributed by atoms with E-state index in [4.69, 9.17) is 16.4 Å². The summed E-state index contributed by atoms with van der Waals surface area (Å²) in [4.78, 5) is 15.1. The van der Waals surface area contributed by atoms with Gasteiger partial charge in [-0.05, 0) is 28.7 Å². The smallest absolute Gasteiger partial charge is 0.404 e. The normalized spacial score (nSPS) is 13.9. The Labute approximate surface area is 111 Å². The number of amides is 1. The molecular weight excluding hydrogens is 244 g/mol. The molecule has 0 radical (unpaired) electrons. The zero-order valence-electron chi connectivity index (χ0n) is 10.5. The number of ether oxygens (including phenoxy) is 1. The lowest BCUT2D eigenvalue weighted by atomic mass is 10.0. The second-order valence-corrected chi connectivity index (χ2v) is 4.27. The van der Waals surface area contributed by atoms with Gasteiger partial charge in [0.2, 0.25) is 0 Å². The highest BCUT2D eigenvalue weighted by molar-refractivity contribution is 5.73. The summed E-state index contributed by atoms with van der Waals surface area (Å²) >= 11 is 0. The fourth-order valence-electron chi connectivity index (χ4n) is 1.95. The Hall–Kier alpha value is -2.11. The SMILES string of the molecule is NOCc1ccc(C2=CC(COC(N)=O)=CC2)cc1. The van der Waals surface area contributed by atoms with Gasteiger partial charge in [0.15, 0.2) is 0 Å². The summed E-state index contributed by atoms with van der Waals surface area (Å²) in [7, 11) is 0. The first kappa shape index (κ1) is 13.3. The van der Waals surface area contributed by atoms with Crippen LogP contribution in [0.3, 0.4) is 0 Å². The molecule has 0 atom stereocenters. The van der Waals surface area contributed by atoms with Crippen molar-refractivity contribution in [2.75, 3.05) is 6.61 Å². The molecule has 0 spiro atoms. The standard InChI is InChI=1S/C14H16N2O3/c15-14(17)18-8-11-3-6-13(7-11)12-4-1-10(2-5-12)9-19-16/h1-5,7H,6,8-9,16H2,(H2,15,17). The Morgan fingerprint density at radius 2 is 1.95 bits per heavy atom. The van der Waals surface area contributed by atoms with Crippen LogP contribution in [-0.2, 0) is 16.2 Å². The zero-order chi connectivity index (χ0) is 13.7. The Morgan fingerprint density at radius 1 is 1.21 bits per heavy atom. The van der Waals surface area contributed by atoms with Crippen LogP contribution < -0.4 is 11.6 Å². The summed E-state index contributed by atoms with van der Waals surface area (Å²) in [5.41, 5.74) is 9.23. The molecule has 0 aromatic heterocycles. The van der Waals surface area contributed by atoms with Gasteiger partial charge in [-0.2, -0.15) is 0 Å². The molecule has 5 nitrogen and oxygen atoms in total. The number of nitrogens with two attached hydrogens (primary N) is 2. The van der Waals surface area contributed by atoms with Crippen LogP contribution in [0.1, 0.15) is 17.5 Å². The number of primary amides is 1. The van der Waals surface area contributed by atoms with E-state index in [2.05, 4.69) is 4.84 Å². The van der Waals surface area contributed by atoms with E-state index < -0.39 is 6.09 Å². The maximum absolute atomic E-state index is 10.5. The Bertz CT molecular complexity index is 518. The van der Waals surface area contributed by atoms with Crippen LogP contribution in [0.15, 0.2) is 42.0 Å². The van der Waals surface area contributed by atoms with E-state index in [1.807, 2.05) is 36.4 Å². The maximum Gasteiger partial charge on any atom is 0.404 e. The van der Waals surface area contributed by atoms with Gasteiger partial charge in [0, 0.05) is 0 Å². The average Bonchev–Trinajstić information content (AvgIpc) is 2.86. The number of hydrogen-bond acceptors (Lipinski definition) is 4. The minimum Gasteiger partial charge on any atom is -0.445 e. The predicted molar refractivity (Wildman–Crippen MR) is 71.6 cm³/mol. The topological polar surface area (TPSA) is 87.6 Å². The van der Waals surface area contributed by atoms with Gasteiger partial charge in [-0.25, -0.2) is 10.7 Å². The molecule has 0 unspecified atom stereocenters. The predicted octanol–water partition coefficient (Wildman–Crippen LogP) is 1.89. The molecule has 1 aliphatic carbocycles. The summed E-state index contributed by atoms with van der Waals surface area (Å²) < 4.78 is 4.76.